The van der Waals surface area contributed by atoms with E-state index in [-0.39, 0.29) is 10.6 Å². The fourth-order valence-corrected chi connectivity index (χ4v) is 3.44. The first-order chi connectivity index (χ1) is 12.5. The summed E-state index contributed by atoms with van der Waals surface area (Å²) in [7, 11) is -3.92. The standard InChI is InChI=1S/C20H16ClNO3S/c1-15-18(21)11-7-12-19(15)22-14-16-8-5-6-13-20(16)25-26(23,24)17-9-3-2-4-10-17/h2-14H,1H3. The van der Waals surface area contributed by atoms with Gasteiger partial charge in [0.1, 0.15) is 4.90 Å². The number of hydrogen-bond donors (Lipinski definition) is 0. The Balaban J connectivity index is 1.92. The minimum atomic E-state index is -3.92. The summed E-state index contributed by atoms with van der Waals surface area (Å²) in [5, 5.41) is 0.621. The van der Waals surface area contributed by atoms with E-state index in [4.69, 9.17) is 15.8 Å². The van der Waals surface area contributed by atoms with Gasteiger partial charge in [-0.2, -0.15) is 8.42 Å². The van der Waals surface area contributed by atoms with Crippen molar-refractivity contribution < 1.29 is 12.6 Å². The summed E-state index contributed by atoms with van der Waals surface area (Å²) in [5.41, 5.74) is 2.10. The van der Waals surface area contributed by atoms with Crippen LogP contribution in [-0.4, -0.2) is 14.6 Å². The van der Waals surface area contributed by atoms with Crippen LogP contribution < -0.4 is 4.18 Å². The summed E-state index contributed by atoms with van der Waals surface area (Å²) < 4.78 is 30.2. The minimum absolute atomic E-state index is 0.0948. The topological polar surface area (TPSA) is 55.7 Å². The monoisotopic (exact) mass is 385 g/mol. The molecule has 0 bridgehead atoms. The molecule has 26 heavy (non-hydrogen) atoms. The number of para-hydroxylation sites is 1. The molecule has 0 N–H and O–H groups in total. The van der Waals surface area contributed by atoms with Gasteiger partial charge >= 0.3 is 10.1 Å². The molecule has 132 valence electrons. The average molecular weight is 386 g/mol. The summed E-state index contributed by atoms with van der Waals surface area (Å²) >= 11 is 6.10. The second-order valence-corrected chi connectivity index (χ2v) is 7.48. The Morgan fingerprint density at radius 3 is 2.38 bits per heavy atom. The highest BCUT2D eigenvalue weighted by Crippen LogP contribution is 2.27. The summed E-state index contributed by atoms with van der Waals surface area (Å²) in [5.74, 6) is 0.208. The molecule has 0 aromatic heterocycles. The highest BCUT2D eigenvalue weighted by molar-refractivity contribution is 7.87. The molecule has 0 aliphatic rings. The Morgan fingerprint density at radius 1 is 0.923 bits per heavy atom. The van der Waals surface area contributed by atoms with Crippen LogP contribution in [0.15, 0.2) is 82.7 Å². The smallest absolute Gasteiger partial charge is 0.339 e. The number of benzene rings is 3. The van der Waals surface area contributed by atoms with Gasteiger partial charge in [0.2, 0.25) is 0 Å². The predicted octanol–water partition coefficient (Wildman–Crippen LogP) is 5.17. The molecule has 0 aliphatic heterocycles. The number of nitrogens with zero attached hydrogens (tertiary/aromatic N) is 1. The van der Waals surface area contributed by atoms with Crippen LogP contribution in [-0.2, 0) is 10.1 Å². The van der Waals surface area contributed by atoms with Gasteiger partial charge < -0.3 is 4.18 Å². The molecule has 0 unspecified atom stereocenters. The summed E-state index contributed by atoms with van der Waals surface area (Å²) in [6.45, 7) is 1.87. The molecule has 0 radical (unpaired) electrons. The van der Waals surface area contributed by atoms with E-state index >= 15 is 0 Å². The Hall–Kier alpha value is -2.63. The quantitative estimate of drug-likeness (QED) is 0.450. The molecule has 4 nitrogen and oxygen atoms in total. The van der Waals surface area contributed by atoms with Crippen molar-refractivity contribution in [3.63, 3.8) is 0 Å². The number of aliphatic imine (C=N–C) groups is 1. The Bertz CT molecular complexity index is 1050. The lowest BCUT2D eigenvalue weighted by Gasteiger charge is -2.09. The second kappa shape index (κ2) is 7.72. The van der Waals surface area contributed by atoms with E-state index in [1.807, 2.05) is 19.1 Å². The van der Waals surface area contributed by atoms with Crippen molar-refractivity contribution >= 4 is 33.6 Å². The zero-order chi connectivity index (χ0) is 18.6. The zero-order valence-electron chi connectivity index (χ0n) is 14.0. The van der Waals surface area contributed by atoms with Gasteiger partial charge in [-0.15, -0.1) is 0 Å². The van der Waals surface area contributed by atoms with E-state index in [1.165, 1.54) is 12.1 Å². The van der Waals surface area contributed by atoms with E-state index in [9.17, 15) is 8.42 Å². The van der Waals surface area contributed by atoms with Crippen molar-refractivity contribution in [1.82, 2.24) is 0 Å². The molecule has 0 spiro atoms. The highest BCUT2D eigenvalue weighted by atomic mass is 35.5. The van der Waals surface area contributed by atoms with Crippen LogP contribution >= 0.6 is 11.6 Å². The molecular formula is C20H16ClNO3S. The van der Waals surface area contributed by atoms with Crippen LogP contribution in [0.1, 0.15) is 11.1 Å². The first-order valence-electron chi connectivity index (χ1n) is 7.85. The summed E-state index contributed by atoms with van der Waals surface area (Å²) in [4.78, 5) is 4.51. The van der Waals surface area contributed by atoms with Crippen LogP contribution in [0.4, 0.5) is 5.69 Å². The lowest BCUT2D eigenvalue weighted by molar-refractivity contribution is 0.485. The SMILES string of the molecule is Cc1c(Cl)cccc1N=Cc1ccccc1OS(=O)(=O)c1ccccc1. The normalized spacial score (nSPS) is 11.6. The second-order valence-electron chi connectivity index (χ2n) is 5.53. The van der Waals surface area contributed by atoms with Crippen molar-refractivity contribution in [2.75, 3.05) is 0 Å². The lowest BCUT2D eigenvalue weighted by atomic mass is 10.2. The zero-order valence-corrected chi connectivity index (χ0v) is 15.5. The van der Waals surface area contributed by atoms with Crippen molar-refractivity contribution in [2.24, 2.45) is 4.99 Å². The largest absolute Gasteiger partial charge is 0.378 e. The van der Waals surface area contributed by atoms with E-state index < -0.39 is 10.1 Å². The van der Waals surface area contributed by atoms with Crippen LogP contribution in [0.25, 0.3) is 0 Å². The molecule has 0 aliphatic carbocycles. The molecule has 0 saturated heterocycles. The van der Waals surface area contributed by atoms with E-state index in [0.29, 0.717) is 16.3 Å². The van der Waals surface area contributed by atoms with Gasteiger partial charge in [0, 0.05) is 16.8 Å². The molecule has 3 rings (SSSR count). The van der Waals surface area contributed by atoms with Gasteiger partial charge in [0.05, 0.1) is 5.69 Å². The van der Waals surface area contributed by atoms with Gasteiger partial charge in [-0.25, -0.2) is 0 Å². The van der Waals surface area contributed by atoms with Crippen LogP contribution in [0.3, 0.4) is 0 Å². The van der Waals surface area contributed by atoms with Crippen LogP contribution in [0.2, 0.25) is 5.02 Å². The molecule has 0 fully saturated rings. The molecular weight excluding hydrogens is 370 g/mol. The Kier molecular flexibility index (Phi) is 5.40. The van der Waals surface area contributed by atoms with Crippen molar-refractivity contribution in [1.29, 1.82) is 0 Å². The van der Waals surface area contributed by atoms with E-state index in [1.54, 1.807) is 54.7 Å². The fraction of sp³-hybridized carbons (Fsp3) is 0.0500. The molecule has 6 heteroatoms. The summed E-state index contributed by atoms with van der Waals surface area (Å²) in [6, 6.07) is 20.3. The number of halogens is 1. The maximum atomic E-state index is 12.4. The third-order valence-electron chi connectivity index (χ3n) is 3.73. The summed E-state index contributed by atoms with van der Waals surface area (Å²) in [6.07, 6.45) is 1.56. The number of hydrogen-bond acceptors (Lipinski definition) is 4. The van der Waals surface area contributed by atoms with Crippen molar-refractivity contribution in [3.8, 4) is 5.75 Å². The lowest BCUT2D eigenvalue weighted by Crippen LogP contribution is -2.10. The van der Waals surface area contributed by atoms with Crippen LogP contribution in [0, 0.1) is 6.92 Å². The minimum Gasteiger partial charge on any atom is -0.378 e. The molecule has 0 amide bonds. The molecule has 0 heterocycles. The molecule has 3 aromatic carbocycles. The van der Waals surface area contributed by atoms with Gasteiger partial charge in [0.25, 0.3) is 0 Å². The van der Waals surface area contributed by atoms with Gasteiger partial charge in [-0.1, -0.05) is 48.0 Å². The van der Waals surface area contributed by atoms with Crippen molar-refractivity contribution in [3.05, 3.63) is 88.9 Å². The van der Waals surface area contributed by atoms with Gasteiger partial charge in [-0.05, 0) is 48.9 Å². The molecule has 3 aromatic rings. The third-order valence-corrected chi connectivity index (χ3v) is 5.39. The first kappa shape index (κ1) is 18.2. The fourth-order valence-electron chi connectivity index (χ4n) is 2.29. The van der Waals surface area contributed by atoms with Gasteiger partial charge in [0.15, 0.2) is 5.75 Å². The average Bonchev–Trinajstić information content (AvgIpc) is 2.64. The van der Waals surface area contributed by atoms with Crippen molar-refractivity contribution in [2.45, 2.75) is 11.8 Å². The maximum absolute atomic E-state index is 12.4. The Labute approximate surface area is 157 Å². The van der Waals surface area contributed by atoms with E-state index in [0.717, 1.165) is 5.56 Å². The molecule has 0 saturated carbocycles. The molecule has 0 atom stereocenters. The highest BCUT2D eigenvalue weighted by Gasteiger charge is 2.17. The predicted molar refractivity (Wildman–Crippen MR) is 104 cm³/mol. The first-order valence-corrected chi connectivity index (χ1v) is 9.64. The third kappa shape index (κ3) is 4.12. The van der Waals surface area contributed by atoms with Crippen LogP contribution in [0.5, 0.6) is 5.75 Å². The van der Waals surface area contributed by atoms with E-state index in [2.05, 4.69) is 4.99 Å². The van der Waals surface area contributed by atoms with Gasteiger partial charge in [-0.3, -0.25) is 4.99 Å². The number of rotatable bonds is 5. The Morgan fingerprint density at radius 2 is 1.62 bits per heavy atom. The maximum Gasteiger partial charge on any atom is 0.339 e.